The second-order valence-electron chi connectivity index (χ2n) is 15.1. The summed E-state index contributed by atoms with van der Waals surface area (Å²) in [5.74, 6) is 1.87. The molecule has 7 aromatic carbocycles. The van der Waals surface area contributed by atoms with E-state index in [-0.39, 0.29) is 0 Å². The molecule has 0 fully saturated rings. The molecular formula is C56H36N6. The maximum Gasteiger partial charge on any atom is 0.164 e. The van der Waals surface area contributed by atoms with Gasteiger partial charge in [0, 0.05) is 40.8 Å². The zero-order valence-electron chi connectivity index (χ0n) is 33.5. The van der Waals surface area contributed by atoms with E-state index in [4.69, 9.17) is 24.9 Å². The molecule has 0 aliphatic heterocycles. The van der Waals surface area contributed by atoms with Crippen molar-refractivity contribution in [2.45, 2.75) is 0 Å². The Bertz CT molecular complexity index is 3240. The summed E-state index contributed by atoms with van der Waals surface area (Å²) in [7, 11) is 0. The van der Waals surface area contributed by atoms with Crippen LogP contribution in [0.2, 0.25) is 0 Å². The molecule has 0 N–H and O–H groups in total. The van der Waals surface area contributed by atoms with E-state index in [1.807, 2.05) is 85.3 Å². The van der Waals surface area contributed by atoms with Crippen molar-refractivity contribution in [1.82, 2.24) is 29.9 Å². The third-order valence-electron chi connectivity index (χ3n) is 11.3. The highest BCUT2D eigenvalue weighted by molar-refractivity contribution is 6.21. The lowest BCUT2D eigenvalue weighted by atomic mass is 9.85. The van der Waals surface area contributed by atoms with Gasteiger partial charge in [-0.3, -0.25) is 9.97 Å². The van der Waals surface area contributed by atoms with E-state index in [1.165, 1.54) is 5.56 Å². The summed E-state index contributed by atoms with van der Waals surface area (Å²) >= 11 is 0. The summed E-state index contributed by atoms with van der Waals surface area (Å²) in [6.45, 7) is 0. The Morgan fingerprint density at radius 2 is 0.661 bits per heavy atom. The summed E-state index contributed by atoms with van der Waals surface area (Å²) in [5, 5.41) is 4.61. The van der Waals surface area contributed by atoms with Crippen LogP contribution in [0, 0.1) is 0 Å². The van der Waals surface area contributed by atoms with Crippen molar-refractivity contribution in [3.05, 3.63) is 219 Å². The summed E-state index contributed by atoms with van der Waals surface area (Å²) in [6.07, 6.45) is 5.43. The lowest BCUT2D eigenvalue weighted by Crippen LogP contribution is -2.00. The van der Waals surface area contributed by atoms with Crippen molar-refractivity contribution in [3.63, 3.8) is 0 Å². The molecule has 0 radical (unpaired) electrons. The van der Waals surface area contributed by atoms with Crippen LogP contribution in [-0.4, -0.2) is 29.9 Å². The van der Waals surface area contributed by atoms with Gasteiger partial charge in [0.1, 0.15) is 0 Å². The fourth-order valence-corrected chi connectivity index (χ4v) is 8.32. The molecule has 0 atom stereocenters. The van der Waals surface area contributed by atoms with E-state index in [0.717, 1.165) is 88.7 Å². The molecule has 0 saturated carbocycles. The summed E-state index contributed by atoms with van der Waals surface area (Å²) in [5.41, 5.74) is 13.0. The van der Waals surface area contributed by atoms with Crippen LogP contribution < -0.4 is 0 Å². The minimum absolute atomic E-state index is 0.615. The normalized spacial score (nSPS) is 11.2. The average Bonchev–Trinajstić information content (AvgIpc) is 3.36. The molecule has 0 amide bonds. The van der Waals surface area contributed by atoms with Crippen molar-refractivity contribution in [1.29, 1.82) is 0 Å². The maximum absolute atomic E-state index is 5.11. The summed E-state index contributed by atoms with van der Waals surface area (Å²) in [6, 6.07) is 69.2. The first-order valence-corrected chi connectivity index (χ1v) is 20.6. The Morgan fingerprint density at radius 3 is 1.19 bits per heavy atom. The van der Waals surface area contributed by atoms with Gasteiger partial charge in [-0.15, -0.1) is 0 Å². The van der Waals surface area contributed by atoms with E-state index in [2.05, 4.69) is 138 Å². The number of rotatable bonds is 8. The summed E-state index contributed by atoms with van der Waals surface area (Å²) in [4.78, 5) is 29.2. The lowest BCUT2D eigenvalue weighted by Gasteiger charge is -2.19. The van der Waals surface area contributed by atoms with Gasteiger partial charge < -0.3 is 0 Å². The molecule has 290 valence electrons. The fraction of sp³-hybridized carbons (Fsp3) is 0. The first-order chi connectivity index (χ1) is 30.7. The number of benzene rings is 7. The second kappa shape index (κ2) is 15.9. The molecule has 11 rings (SSSR count). The molecule has 0 aliphatic rings. The average molecular weight is 793 g/mol. The predicted molar refractivity (Wildman–Crippen MR) is 252 cm³/mol. The standard InChI is InChI=1S/C56H36N6/c1-3-13-37(14-4-1)38-22-26-42(27-23-38)55-60-54(41-15-5-2-6-16-41)61-56(62-55)43-28-24-40(25-29-43)52-45-17-7-9-19-47(45)53(48-20-10-8-18-46(48)52)44-35-50(39-30-33-57-34-31-39)59-51(36-44)49-21-11-12-32-58-49/h1-36H. The zero-order valence-corrected chi connectivity index (χ0v) is 33.5. The van der Waals surface area contributed by atoms with Crippen molar-refractivity contribution in [2.24, 2.45) is 0 Å². The Morgan fingerprint density at radius 1 is 0.242 bits per heavy atom. The highest BCUT2D eigenvalue weighted by Gasteiger charge is 2.20. The third-order valence-corrected chi connectivity index (χ3v) is 11.3. The third kappa shape index (κ3) is 6.95. The molecule has 6 nitrogen and oxygen atoms in total. The van der Waals surface area contributed by atoms with E-state index >= 15 is 0 Å². The first-order valence-electron chi connectivity index (χ1n) is 20.6. The summed E-state index contributed by atoms with van der Waals surface area (Å²) < 4.78 is 0. The molecule has 0 aliphatic carbocycles. The fourth-order valence-electron chi connectivity index (χ4n) is 8.32. The van der Waals surface area contributed by atoms with Gasteiger partial charge in [0.15, 0.2) is 17.5 Å². The second-order valence-corrected chi connectivity index (χ2v) is 15.1. The van der Waals surface area contributed by atoms with Crippen LogP contribution in [0.3, 0.4) is 0 Å². The number of hydrogen-bond donors (Lipinski definition) is 0. The Kier molecular flexibility index (Phi) is 9.41. The largest absolute Gasteiger partial charge is 0.265 e. The van der Waals surface area contributed by atoms with E-state index in [0.29, 0.717) is 17.5 Å². The van der Waals surface area contributed by atoms with E-state index in [1.54, 1.807) is 0 Å². The molecule has 4 heterocycles. The molecule has 0 bridgehead atoms. The van der Waals surface area contributed by atoms with Gasteiger partial charge in [-0.1, -0.05) is 164 Å². The predicted octanol–water partition coefficient (Wildman–Crippen LogP) is 13.7. The molecule has 0 saturated heterocycles. The highest BCUT2D eigenvalue weighted by atomic mass is 15.0. The monoisotopic (exact) mass is 792 g/mol. The van der Waals surface area contributed by atoms with E-state index < -0.39 is 0 Å². The van der Waals surface area contributed by atoms with Crippen LogP contribution >= 0.6 is 0 Å². The highest BCUT2D eigenvalue weighted by Crippen LogP contribution is 2.45. The SMILES string of the molecule is c1ccc(-c2ccc(-c3nc(-c4ccccc4)nc(-c4ccc(-c5c6ccccc6c(-c6cc(-c7ccncc7)nc(-c7ccccn7)c6)c6ccccc56)cc4)n3)cc2)cc1. The number of pyridine rings is 3. The van der Waals surface area contributed by atoms with Gasteiger partial charge in [-0.05, 0) is 91.3 Å². The van der Waals surface area contributed by atoms with Gasteiger partial charge >= 0.3 is 0 Å². The molecule has 11 aromatic rings. The van der Waals surface area contributed by atoms with Crippen molar-refractivity contribution < 1.29 is 0 Å². The first kappa shape index (κ1) is 36.6. The zero-order chi connectivity index (χ0) is 41.2. The number of nitrogens with zero attached hydrogens (tertiary/aromatic N) is 6. The quantitative estimate of drug-likeness (QED) is 0.143. The van der Waals surface area contributed by atoms with Crippen LogP contribution in [0.4, 0.5) is 0 Å². The molecule has 0 unspecified atom stereocenters. The van der Waals surface area contributed by atoms with Crippen molar-refractivity contribution >= 4 is 21.5 Å². The lowest BCUT2D eigenvalue weighted by molar-refractivity contribution is 1.07. The molecular weight excluding hydrogens is 757 g/mol. The van der Waals surface area contributed by atoms with Gasteiger partial charge in [-0.25, -0.2) is 19.9 Å². The number of aromatic nitrogens is 6. The van der Waals surface area contributed by atoms with Crippen molar-refractivity contribution in [2.75, 3.05) is 0 Å². The molecule has 6 heteroatoms. The topological polar surface area (TPSA) is 77.3 Å². The van der Waals surface area contributed by atoms with Crippen LogP contribution in [0.5, 0.6) is 0 Å². The minimum Gasteiger partial charge on any atom is -0.265 e. The Labute approximate surface area is 359 Å². The van der Waals surface area contributed by atoms with E-state index in [9.17, 15) is 0 Å². The minimum atomic E-state index is 0.615. The Hall–Kier alpha value is -8.48. The van der Waals surface area contributed by atoms with Crippen molar-refractivity contribution in [3.8, 4) is 90.2 Å². The van der Waals surface area contributed by atoms with Crippen LogP contribution in [0.1, 0.15) is 0 Å². The maximum atomic E-state index is 5.11. The molecule has 62 heavy (non-hydrogen) atoms. The van der Waals surface area contributed by atoms with Crippen LogP contribution in [0.25, 0.3) is 112 Å². The molecule has 0 spiro atoms. The van der Waals surface area contributed by atoms with Gasteiger partial charge in [0.05, 0.1) is 17.1 Å². The smallest absolute Gasteiger partial charge is 0.164 e. The number of fused-ring (bicyclic) bond motifs is 2. The van der Waals surface area contributed by atoms with Gasteiger partial charge in [-0.2, -0.15) is 0 Å². The Balaban J connectivity index is 1.04. The van der Waals surface area contributed by atoms with Gasteiger partial charge in [0.25, 0.3) is 0 Å². The molecule has 4 aromatic heterocycles. The van der Waals surface area contributed by atoms with Crippen LogP contribution in [0.15, 0.2) is 219 Å². The van der Waals surface area contributed by atoms with Gasteiger partial charge in [0.2, 0.25) is 0 Å². The number of hydrogen-bond acceptors (Lipinski definition) is 6. The van der Waals surface area contributed by atoms with Crippen LogP contribution in [-0.2, 0) is 0 Å².